The largest absolute Gasteiger partial charge is 0.500 e. The summed E-state index contributed by atoms with van der Waals surface area (Å²) in [5, 5.41) is 29.4. The number of phenols is 1. The Morgan fingerprint density at radius 1 is 1.30 bits per heavy atom. The molecule has 3 rings (SSSR count). The van der Waals surface area contributed by atoms with Crippen molar-refractivity contribution in [1.82, 2.24) is 10.6 Å². The summed E-state index contributed by atoms with van der Waals surface area (Å²) in [5.41, 5.74) is 0.636. The van der Waals surface area contributed by atoms with Crippen LogP contribution in [0, 0.1) is 10.1 Å². The van der Waals surface area contributed by atoms with Crippen molar-refractivity contribution < 1.29 is 24.4 Å². The Morgan fingerprint density at radius 3 is 2.63 bits per heavy atom. The first-order chi connectivity index (χ1) is 14.3. The lowest BCUT2D eigenvalue weighted by molar-refractivity contribution is -0.386. The van der Waals surface area contributed by atoms with Gasteiger partial charge >= 0.3 is 11.7 Å². The second kappa shape index (κ2) is 8.52. The van der Waals surface area contributed by atoms with Crippen molar-refractivity contribution in [2.45, 2.75) is 19.9 Å². The highest BCUT2D eigenvalue weighted by molar-refractivity contribution is 6.06. The number of nitrogens with zero attached hydrogens (tertiary/aromatic N) is 1. The molecule has 2 aromatic rings. The summed E-state index contributed by atoms with van der Waals surface area (Å²) in [6, 6.07) is 9.63. The average molecular weight is 412 g/mol. The number of aromatic hydroxyl groups is 1. The summed E-state index contributed by atoms with van der Waals surface area (Å²) in [6.07, 6.45) is 0. The number of amides is 3. The molecule has 1 atom stereocenters. The zero-order valence-corrected chi connectivity index (χ0v) is 16.3. The van der Waals surface area contributed by atoms with Crippen LogP contribution in [0.15, 0.2) is 53.7 Å². The van der Waals surface area contributed by atoms with Gasteiger partial charge in [-0.3, -0.25) is 14.9 Å². The van der Waals surface area contributed by atoms with Crippen molar-refractivity contribution in [3.8, 4) is 11.5 Å². The van der Waals surface area contributed by atoms with Gasteiger partial charge in [0.15, 0.2) is 5.75 Å². The highest BCUT2D eigenvalue weighted by Crippen LogP contribution is 2.40. The molecule has 0 aliphatic carbocycles. The molecule has 1 aliphatic heterocycles. The molecular weight excluding hydrogens is 392 g/mol. The number of rotatable bonds is 6. The maximum Gasteiger partial charge on any atom is 0.319 e. The molecule has 0 aromatic heterocycles. The highest BCUT2D eigenvalue weighted by atomic mass is 16.6. The van der Waals surface area contributed by atoms with E-state index in [2.05, 4.69) is 16.0 Å². The third-order valence-corrected chi connectivity index (χ3v) is 4.45. The van der Waals surface area contributed by atoms with Crippen molar-refractivity contribution in [3.63, 3.8) is 0 Å². The zero-order chi connectivity index (χ0) is 21.8. The number of nitrogens with one attached hydrogen (secondary N) is 3. The number of nitro benzene ring substituents is 1. The maximum absolute atomic E-state index is 13.0. The molecule has 1 aliphatic rings. The minimum atomic E-state index is -0.999. The lowest BCUT2D eigenvalue weighted by atomic mass is 9.94. The fourth-order valence-corrected chi connectivity index (χ4v) is 3.15. The Bertz CT molecular complexity index is 1040. The van der Waals surface area contributed by atoms with E-state index in [-0.39, 0.29) is 23.5 Å². The quantitative estimate of drug-likeness (QED) is 0.424. The average Bonchev–Trinajstić information content (AvgIpc) is 2.69. The van der Waals surface area contributed by atoms with Crippen molar-refractivity contribution >= 4 is 23.3 Å². The highest BCUT2D eigenvalue weighted by Gasteiger charge is 2.33. The lowest BCUT2D eigenvalue weighted by Gasteiger charge is -2.29. The number of urea groups is 1. The SMILES string of the molecule is CCOc1cc(C2NC(=O)NC(C)=C2C(=O)Nc2ccccc2)cc([N+](=O)[O-])c1O. The van der Waals surface area contributed by atoms with E-state index >= 15 is 0 Å². The lowest BCUT2D eigenvalue weighted by Crippen LogP contribution is -2.46. The third kappa shape index (κ3) is 4.17. The molecule has 0 spiro atoms. The normalized spacial score (nSPS) is 15.8. The number of hydrogen-bond acceptors (Lipinski definition) is 6. The first-order valence-electron chi connectivity index (χ1n) is 9.10. The van der Waals surface area contributed by atoms with E-state index in [1.807, 2.05) is 0 Å². The van der Waals surface area contributed by atoms with Gasteiger partial charge in [0.05, 0.1) is 23.1 Å². The Hall–Kier alpha value is -4.08. The number of benzene rings is 2. The van der Waals surface area contributed by atoms with Gasteiger partial charge in [-0.1, -0.05) is 18.2 Å². The third-order valence-electron chi connectivity index (χ3n) is 4.45. The Labute approximate surface area is 171 Å². The van der Waals surface area contributed by atoms with Gasteiger partial charge in [-0.15, -0.1) is 0 Å². The van der Waals surface area contributed by atoms with Gasteiger partial charge in [-0.2, -0.15) is 0 Å². The first kappa shape index (κ1) is 20.6. The van der Waals surface area contributed by atoms with Crippen LogP contribution in [-0.4, -0.2) is 28.6 Å². The van der Waals surface area contributed by atoms with Crippen LogP contribution >= 0.6 is 0 Å². The van der Waals surface area contributed by atoms with Gasteiger partial charge in [0.2, 0.25) is 5.75 Å². The minimum absolute atomic E-state index is 0.116. The van der Waals surface area contributed by atoms with Crippen LogP contribution in [-0.2, 0) is 4.79 Å². The van der Waals surface area contributed by atoms with E-state index < -0.39 is 34.3 Å². The van der Waals surface area contributed by atoms with Gasteiger partial charge in [0.1, 0.15) is 0 Å². The number of nitro groups is 1. The second-order valence-corrected chi connectivity index (χ2v) is 6.47. The topological polar surface area (TPSA) is 143 Å². The van der Waals surface area contributed by atoms with Crippen molar-refractivity contribution in [3.05, 3.63) is 69.4 Å². The molecule has 30 heavy (non-hydrogen) atoms. The smallest absolute Gasteiger partial charge is 0.319 e. The molecule has 0 radical (unpaired) electrons. The monoisotopic (exact) mass is 412 g/mol. The summed E-state index contributed by atoms with van der Waals surface area (Å²) in [5.74, 6) is -1.23. The minimum Gasteiger partial charge on any atom is -0.500 e. The van der Waals surface area contributed by atoms with Gasteiger partial charge < -0.3 is 25.8 Å². The summed E-state index contributed by atoms with van der Waals surface area (Å²) in [7, 11) is 0. The molecule has 0 bridgehead atoms. The number of anilines is 1. The number of ether oxygens (including phenoxy) is 1. The molecule has 1 heterocycles. The second-order valence-electron chi connectivity index (χ2n) is 6.47. The molecule has 4 N–H and O–H groups in total. The predicted octanol–water partition coefficient (Wildman–Crippen LogP) is 2.97. The number of hydrogen-bond donors (Lipinski definition) is 4. The van der Waals surface area contributed by atoms with Gasteiger partial charge in [-0.25, -0.2) is 4.79 Å². The molecule has 156 valence electrons. The van der Waals surface area contributed by atoms with E-state index in [4.69, 9.17) is 4.74 Å². The zero-order valence-electron chi connectivity index (χ0n) is 16.3. The first-order valence-corrected chi connectivity index (χ1v) is 9.10. The van der Waals surface area contributed by atoms with Crippen LogP contribution in [0.25, 0.3) is 0 Å². The van der Waals surface area contributed by atoms with Crippen molar-refractivity contribution in [2.24, 2.45) is 0 Å². The standard InChI is InChI=1S/C20H20N4O6/c1-3-30-15-10-12(9-14(18(15)25)24(28)29)17-16(11(2)21-20(27)23-17)19(26)22-13-7-5-4-6-8-13/h4-10,17,25H,3H2,1-2H3,(H,22,26)(H2,21,23,27). The van der Waals surface area contributed by atoms with E-state index in [1.54, 1.807) is 44.2 Å². The Morgan fingerprint density at radius 2 is 2.00 bits per heavy atom. The van der Waals surface area contributed by atoms with Crippen LogP contribution in [0.1, 0.15) is 25.5 Å². The van der Waals surface area contributed by atoms with Crippen LogP contribution in [0.5, 0.6) is 11.5 Å². The molecule has 0 saturated heterocycles. The Balaban J connectivity index is 2.07. The van der Waals surface area contributed by atoms with E-state index in [0.717, 1.165) is 6.07 Å². The van der Waals surface area contributed by atoms with Crippen molar-refractivity contribution in [2.75, 3.05) is 11.9 Å². The molecule has 3 amide bonds. The predicted molar refractivity (Wildman–Crippen MR) is 108 cm³/mol. The van der Waals surface area contributed by atoms with Crippen LogP contribution in [0.3, 0.4) is 0 Å². The van der Waals surface area contributed by atoms with E-state index in [9.17, 15) is 24.8 Å². The molecule has 0 saturated carbocycles. The number of phenolic OH excluding ortho intramolecular Hbond substituents is 1. The Kier molecular flexibility index (Phi) is 5.86. The van der Waals surface area contributed by atoms with Crippen LogP contribution in [0.4, 0.5) is 16.2 Å². The maximum atomic E-state index is 13.0. The molecule has 2 aromatic carbocycles. The summed E-state index contributed by atoms with van der Waals surface area (Å²) < 4.78 is 5.30. The molecular formula is C20H20N4O6. The summed E-state index contributed by atoms with van der Waals surface area (Å²) in [4.78, 5) is 35.7. The van der Waals surface area contributed by atoms with Gasteiger partial charge in [-0.05, 0) is 37.6 Å². The van der Waals surface area contributed by atoms with Gasteiger partial charge in [0, 0.05) is 17.5 Å². The fraction of sp³-hybridized carbons (Fsp3) is 0.200. The van der Waals surface area contributed by atoms with E-state index in [0.29, 0.717) is 11.4 Å². The van der Waals surface area contributed by atoms with Crippen molar-refractivity contribution in [1.29, 1.82) is 0 Å². The molecule has 10 heteroatoms. The molecule has 10 nitrogen and oxygen atoms in total. The van der Waals surface area contributed by atoms with Gasteiger partial charge in [0.25, 0.3) is 5.91 Å². The van der Waals surface area contributed by atoms with E-state index in [1.165, 1.54) is 6.07 Å². The summed E-state index contributed by atoms with van der Waals surface area (Å²) >= 11 is 0. The number of carbonyl (C=O) groups is 2. The molecule has 0 fully saturated rings. The number of carbonyl (C=O) groups excluding carboxylic acids is 2. The van der Waals surface area contributed by atoms with Crippen LogP contribution < -0.4 is 20.7 Å². The summed E-state index contributed by atoms with van der Waals surface area (Å²) in [6.45, 7) is 3.37. The number of para-hydroxylation sites is 1. The van der Waals surface area contributed by atoms with Crippen LogP contribution in [0.2, 0.25) is 0 Å². The molecule has 1 unspecified atom stereocenters. The fourth-order valence-electron chi connectivity index (χ4n) is 3.15. The number of allylic oxidation sites excluding steroid dienone is 1.